The Morgan fingerprint density at radius 3 is 2.50 bits per heavy atom. The van der Waals surface area contributed by atoms with E-state index in [1.165, 1.54) is 11.8 Å². The van der Waals surface area contributed by atoms with Crippen molar-refractivity contribution in [1.29, 1.82) is 0 Å². The molecule has 1 aliphatic carbocycles. The quantitative estimate of drug-likeness (QED) is 0.433. The second-order valence-electron chi connectivity index (χ2n) is 7.95. The maximum Gasteiger partial charge on any atom is 0.416 e. The Labute approximate surface area is 175 Å². The van der Waals surface area contributed by atoms with Gasteiger partial charge in [0.1, 0.15) is 5.78 Å². The molecule has 8 heteroatoms. The Morgan fingerprint density at radius 2 is 1.80 bits per heavy atom. The molecule has 1 aliphatic heterocycles. The van der Waals surface area contributed by atoms with Crippen LogP contribution in [0.5, 0.6) is 0 Å². The Bertz CT molecular complexity index is 962. The van der Waals surface area contributed by atoms with Crippen molar-refractivity contribution in [2.45, 2.75) is 60.4 Å². The number of hydrogen-bond acceptors (Lipinski definition) is 3. The van der Waals surface area contributed by atoms with Crippen LogP contribution in [0.1, 0.15) is 43.2 Å². The molecule has 0 aromatic heterocycles. The average molecular weight is 441 g/mol. The van der Waals surface area contributed by atoms with E-state index in [0.29, 0.717) is 10.6 Å². The highest BCUT2D eigenvalue weighted by molar-refractivity contribution is 7.99. The standard InChI is InChI=1S/C22H20F5NOS/c23-21(24)7-5-13(6-8-21)9-16(29)11-14-10-15(22(25,26)27)12-19-20(14)28-17-3-1-2-4-18(17)30-19/h1-4,10,12-13,28H,5-9,11H2. The van der Waals surface area contributed by atoms with Crippen LogP contribution in [0.25, 0.3) is 0 Å². The van der Waals surface area contributed by atoms with E-state index >= 15 is 0 Å². The topological polar surface area (TPSA) is 29.1 Å². The van der Waals surface area contributed by atoms with Crippen molar-refractivity contribution in [1.82, 2.24) is 0 Å². The molecule has 30 heavy (non-hydrogen) atoms. The number of carbonyl (C=O) groups is 1. The number of nitrogens with one attached hydrogen (secondary N) is 1. The first-order chi connectivity index (χ1) is 14.1. The molecule has 0 atom stereocenters. The minimum atomic E-state index is -4.53. The van der Waals surface area contributed by atoms with Gasteiger partial charge in [-0.15, -0.1) is 0 Å². The molecular weight excluding hydrogens is 421 g/mol. The summed E-state index contributed by atoms with van der Waals surface area (Å²) in [7, 11) is 0. The fourth-order valence-corrected chi connectivity index (χ4v) is 5.10. The molecule has 0 bridgehead atoms. The zero-order valence-corrected chi connectivity index (χ0v) is 16.8. The normalized spacial score (nSPS) is 18.3. The fraction of sp³-hybridized carbons (Fsp3) is 0.409. The third-order valence-electron chi connectivity index (χ3n) is 5.62. The first kappa shape index (κ1) is 21.2. The van der Waals surface area contributed by atoms with Crippen LogP contribution in [0.15, 0.2) is 46.2 Å². The van der Waals surface area contributed by atoms with Crippen molar-refractivity contribution >= 4 is 28.9 Å². The van der Waals surface area contributed by atoms with E-state index in [0.717, 1.165) is 22.7 Å². The number of halogens is 5. The Balaban J connectivity index is 1.57. The van der Waals surface area contributed by atoms with Gasteiger partial charge in [-0.2, -0.15) is 13.2 Å². The number of anilines is 2. The maximum atomic E-state index is 13.4. The number of para-hydroxylation sites is 1. The van der Waals surface area contributed by atoms with Gasteiger partial charge in [-0.25, -0.2) is 8.78 Å². The number of ketones is 1. The number of benzene rings is 2. The van der Waals surface area contributed by atoms with E-state index < -0.39 is 17.7 Å². The van der Waals surface area contributed by atoms with Gasteiger partial charge in [0.2, 0.25) is 5.92 Å². The molecule has 0 radical (unpaired) electrons. The molecule has 0 amide bonds. The van der Waals surface area contributed by atoms with Crippen LogP contribution in [-0.2, 0) is 17.4 Å². The van der Waals surface area contributed by atoms with Gasteiger partial charge in [-0.3, -0.25) is 4.79 Å². The van der Waals surface area contributed by atoms with Crippen molar-refractivity contribution in [2.24, 2.45) is 5.92 Å². The Morgan fingerprint density at radius 1 is 1.10 bits per heavy atom. The monoisotopic (exact) mass is 441 g/mol. The SMILES string of the molecule is O=C(Cc1cc(C(F)(F)F)cc2c1Nc1ccccc1S2)CC1CCC(F)(F)CC1. The van der Waals surface area contributed by atoms with Gasteiger partial charge in [-0.05, 0) is 48.6 Å². The van der Waals surface area contributed by atoms with Gasteiger partial charge in [0.05, 0.1) is 16.9 Å². The number of carbonyl (C=O) groups excluding carboxylic acids is 1. The largest absolute Gasteiger partial charge is 0.416 e. The summed E-state index contributed by atoms with van der Waals surface area (Å²) in [5.74, 6) is -3.03. The lowest BCUT2D eigenvalue weighted by Gasteiger charge is -2.28. The second-order valence-corrected chi connectivity index (χ2v) is 9.03. The highest BCUT2D eigenvalue weighted by Crippen LogP contribution is 2.48. The molecule has 2 nitrogen and oxygen atoms in total. The molecule has 4 rings (SSSR count). The number of fused-ring (bicyclic) bond motifs is 2. The van der Waals surface area contributed by atoms with E-state index in [9.17, 15) is 26.7 Å². The van der Waals surface area contributed by atoms with Gasteiger partial charge >= 0.3 is 6.18 Å². The van der Waals surface area contributed by atoms with E-state index in [-0.39, 0.29) is 55.8 Å². The van der Waals surface area contributed by atoms with Crippen LogP contribution in [0.4, 0.5) is 33.3 Å². The van der Waals surface area contributed by atoms with Crippen LogP contribution < -0.4 is 5.32 Å². The maximum absolute atomic E-state index is 13.4. The summed E-state index contributed by atoms with van der Waals surface area (Å²) >= 11 is 1.23. The predicted octanol–water partition coefficient (Wildman–Crippen LogP) is 7.24. The summed E-state index contributed by atoms with van der Waals surface area (Å²) in [6, 6.07) is 9.40. The molecule has 0 unspecified atom stereocenters. The fourth-order valence-electron chi connectivity index (χ4n) is 4.02. The minimum absolute atomic E-state index is 0.116. The van der Waals surface area contributed by atoms with Gasteiger partial charge < -0.3 is 5.32 Å². The number of Topliss-reactive ketones (excluding diaryl/α,β-unsaturated/α-hetero) is 1. The Hall–Kier alpha value is -2.09. The van der Waals surface area contributed by atoms with Crippen LogP contribution in [0.2, 0.25) is 0 Å². The van der Waals surface area contributed by atoms with E-state index in [4.69, 9.17) is 0 Å². The smallest absolute Gasteiger partial charge is 0.353 e. The molecule has 2 aliphatic rings. The predicted molar refractivity (Wildman–Crippen MR) is 106 cm³/mol. The van der Waals surface area contributed by atoms with Crippen LogP contribution in [0, 0.1) is 5.92 Å². The summed E-state index contributed by atoms with van der Waals surface area (Å²) in [5.41, 5.74) is 0.774. The van der Waals surface area contributed by atoms with Crippen LogP contribution >= 0.6 is 11.8 Å². The molecule has 1 heterocycles. The zero-order valence-electron chi connectivity index (χ0n) is 16.0. The van der Waals surface area contributed by atoms with E-state index in [1.807, 2.05) is 24.3 Å². The number of rotatable bonds is 4. The van der Waals surface area contributed by atoms with Gasteiger partial charge in [0, 0.05) is 35.5 Å². The molecule has 2 aromatic carbocycles. The molecule has 0 spiro atoms. The summed E-state index contributed by atoms with van der Waals surface area (Å²) in [6.45, 7) is 0. The van der Waals surface area contributed by atoms with Crippen molar-refractivity contribution < 1.29 is 26.7 Å². The van der Waals surface area contributed by atoms with Gasteiger partial charge in [-0.1, -0.05) is 23.9 Å². The Kier molecular flexibility index (Phi) is 5.55. The van der Waals surface area contributed by atoms with Crippen LogP contribution in [0.3, 0.4) is 0 Å². The summed E-state index contributed by atoms with van der Waals surface area (Å²) in [6.07, 6.45) is -4.52. The third-order valence-corrected chi connectivity index (χ3v) is 6.74. The van der Waals surface area contributed by atoms with Crippen molar-refractivity contribution in [3.63, 3.8) is 0 Å². The molecule has 1 fully saturated rings. The zero-order chi connectivity index (χ0) is 21.5. The van der Waals surface area contributed by atoms with Crippen LogP contribution in [-0.4, -0.2) is 11.7 Å². The molecule has 160 valence electrons. The number of hydrogen-bond donors (Lipinski definition) is 1. The van der Waals surface area contributed by atoms with Crippen molar-refractivity contribution in [3.8, 4) is 0 Å². The molecule has 1 N–H and O–H groups in total. The lowest BCUT2D eigenvalue weighted by atomic mass is 9.83. The second kappa shape index (κ2) is 7.87. The summed E-state index contributed by atoms with van der Waals surface area (Å²) < 4.78 is 66.9. The first-order valence-electron chi connectivity index (χ1n) is 9.78. The molecule has 1 saturated carbocycles. The van der Waals surface area contributed by atoms with E-state index in [2.05, 4.69) is 5.32 Å². The minimum Gasteiger partial charge on any atom is -0.353 e. The lowest BCUT2D eigenvalue weighted by molar-refractivity contribution is -0.137. The third kappa shape index (κ3) is 4.63. The average Bonchev–Trinajstić information content (AvgIpc) is 2.67. The first-order valence-corrected chi connectivity index (χ1v) is 10.6. The van der Waals surface area contributed by atoms with Crippen molar-refractivity contribution in [2.75, 3.05) is 5.32 Å². The van der Waals surface area contributed by atoms with Gasteiger partial charge in [0.15, 0.2) is 0 Å². The van der Waals surface area contributed by atoms with Gasteiger partial charge in [0.25, 0.3) is 0 Å². The summed E-state index contributed by atoms with van der Waals surface area (Å²) in [5, 5.41) is 3.17. The molecule has 2 aromatic rings. The van der Waals surface area contributed by atoms with E-state index in [1.54, 1.807) is 0 Å². The summed E-state index contributed by atoms with van der Waals surface area (Å²) in [4.78, 5) is 13.9. The highest BCUT2D eigenvalue weighted by Gasteiger charge is 2.36. The van der Waals surface area contributed by atoms with Crippen molar-refractivity contribution in [3.05, 3.63) is 47.5 Å². The lowest BCUT2D eigenvalue weighted by Crippen LogP contribution is -2.26. The molecular formula is C22H20F5NOS. The molecule has 0 saturated heterocycles. The number of alkyl halides is 5. The highest BCUT2D eigenvalue weighted by atomic mass is 32.2.